The maximum absolute atomic E-state index is 11.8. The second kappa shape index (κ2) is 3.52. The highest BCUT2D eigenvalue weighted by atomic mass is 16.6. The van der Waals surface area contributed by atoms with Crippen LogP contribution in [0.3, 0.4) is 0 Å². The number of carbonyl (C=O) groups is 1. The number of carbonyl (C=O) groups excluding carboxylic acids is 1. The van der Waals surface area contributed by atoms with E-state index in [1.807, 2.05) is 0 Å². The lowest BCUT2D eigenvalue weighted by atomic mass is 9.45. The van der Waals surface area contributed by atoms with Gasteiger partial charge in [-0.1, -0.05) is 27.2 Å². The molecule has 2 aliphatic carbocycles. The van der Waals surface area contributed by atoms with Gasteiger partial charge in [0.25, 0.3) is 0 Å². The predicted molar refractivity (Wildman–Crippen MR) is 71.1 cm³/mol. The van der Waals surface area contributed by atoms with E-state index < -0.39 is 0 Å². The lowest BCUT2D eigenvalue weighted by Crippen LogP contribution is -2.55. The van der Waals surface area contributed by atoms with Gasteiger partial charge in [0.2, 0.25) is 0 Å². The first-order valence-electron chi connectivity index (χ1n) is 7.50. The van der Waals surface area contributed by atoms with E-state index in [1.54, 1.807) is 0 Å². The summed E-state index contributed by atoms with van der Waals surface area (Å²) in [6.45, 7) is 9.46. The summed E-state index contributed by atoms with van der Waals surface area (Å²) < 4.78 is 5.70. The molecule has 2 unspecified atom stereocenters. The summed E-state index contributed by atoms with van der Waals surface area (Å²) in [5.74, 6) is 1.23. The molecule has 2 saturated carbocycles. The van der Waals surface area contributed by atoms with Gasteiger partial charge in [0, 0.05) is 5.92 Å². The average Bonchev–Trinajstić information content (AvgIpc) is 2.53. The summed E-state index contributed by atoms with van der Waals surface area (Å²) in [5.41, 5.74) is 0.566. The molecule has 3 fully saturated rings. The summed E-state index contributed by atoms with van der Waals surface area (Å²) in [5, 5.41) is 0. The first-order valence-corrected chi connectivity index (χ1v) is 7.50. The Morgan fingerprint density at radius 1 is 1.06 bits per heavy atom. The van der Waals surface area contributed by atoms with Crippen LogP contribution in [-0.4, -0.2) is 11.6 Å². The number of fused-ring (bicyclic) bond motifs is 3. The molecule has 3 rings (SSSR count). The molecule has 0 radical (unpaired) electrons. The zero-order chi connectivity index (χ0) is 13.2. The molecule has 0 aromatic carbocycles. The summed E-state index contributed by atoms with van der Waals surface area (Å²) >= 11 is 0. The number of rotatable bonds is 0. The molecule has 3 aliphatic rings. The number of hydrogen-bond donors (Lipinski definition) is 0. The van der Waals surface area contributed by atoms with E-state index in [2.05, 4.69) is 27.7 Å². The van der Waals surface area contributed by atoms with Crippen molar-refractivity contribution in [3.63, 3.8) is 0 Å². The van der Waals surface area contributed by atoms with Crippen molar-refractivity contribution in [2.45, 2.75) is 71.8 Å². The molecule has 102 valence electrons. The van der Waals surface area contributed by atoms with Crippen molar-refractivity contribution in [3.8, 4) is 0 Å². The third-order valence-corrected chi connectivity index (χ3v) is 6.46. The maximum Gasteiger partial charge on any atom is 0.306 e. The largest absolute Gasteiger partial charge is 0.459 e. The predicted octanol–water partition coefficient (Wildman–Crippen LogP) is 3.93. The molecular formula is C16H26O2. The highest BCUT2D eigenvalue weighted by molar-refractivity contribution is 5.73. The van der Waals surface area contributed by atoms with Crippen molar-refractivity contribution in [2.24, 2.45) is 22.7 Å². The van der Waals surface area contributed by atoms with Gasteiger partial charge in [-0.15, -0.1) is 0 Å². The highest BCUT2D eigenvalue weighted by Gasteiger charge is 2.62. The van der Waals surface area contributed by atoms with E-state index in [9.17, 15) is 4.79 Å². The number of ether oxygens (including phenoxy) is 1. The van der Waals surface area contributed by atoms with Crippen LogP contribution in [0.25, 0.3) is 0 Å². The van der Waals surface area contributed by atoms with Crippen LogP contribution in [0.1, 0.15) is 66.2 Å². The van der Waals surface area contributed by atoms with Crippen LogP contribution in [0.15, 0.2) is 0 Å². The SMILES string of the molecule is CC1(C)CCCC2(C)C1CC[C@@]1(C)OC(=O)C[C@@H]21. The Morgan fingerprint density at radius 3 is 2.50 bits per heavy atom. The second-order valence-electron chi connectivity index (χ2n) is 7.98. The molecule has 2 nitrogen and oxygen atoms in total. The smallest absolute Gasteiger partial charge is 0.306 e. The Balaban J connectivity index is 2.00. The minimum atomic E-state index is -0.171. The van der Waals surface area contributed by atoms with Crippen molar-refractivity contribution in [3.05, 3.63) is 0 Å². The zero-order valence-corrected chi connectivity index (χ0v) is 12.2. The van der Waals surface area contributed by atoms with E-state index in [-0.39, 0.29) is 11.6 Å². The Bertz CT molecular complexity index is 387. The quantitative estimate of drug-likeness (QED) is 0.609. The Morgan fingerprint density at radius 2 is 1.78 bits per heavy atom. The van der Waals surface area contributed by atoms with E-state index >= 15 is 0 Å². The molecule has 0 N–H and O–H groups in total. The van der Waals surface area contributed by atoms with Gasteiger partial charge in [0.05, 0.1) is 6.42 Å². The fourth-order valence-corrected chi connectivity index (χ4v) is 5.65. The average molecular weight is 250 g/mol. The Labute approximate surface area is 110 Å². The lowest BCUT2D eigenvalue weighted by Gasteiger charge is -2.59. The first-order chi connectivity index (χ1) is 8.28. The van der Waals surface area contributed by atoms with Crippen molar-refractivity contribution < 1.29 is 9.53 Å². The molecule has 18 heavy (non-hydrogen) atoms. The van der Waals surface area contributed by atoms with E-state index in [0.717, 1.165) is 12.3 Å². The Kier molecular flexibility index (Phi) is 2.44. The fourth-order valence-electron chi connectivity index (χ4n) is 5.65. The monoisotopic (exact) mass is 250 g/mol. The van der Waals surface area contributed by atoms with Crippen LogP contribution in [0.4, 0.5) is 0 Å². The summed E-state index contributed by atoms with van der Waals surface area (Å²) in [7, 11) is 0. The minimum Gasteiger partial charge on any atom is -0.459 e. The van der Waals surface area contributed by atoms with Gasteiger partial charge >= 0.3 is 5.97 Å². The maximum atomic E-state index is 11.8. The number of hydrogen-bond acceptors (Lipinski definition) is 2. The van der Waals surface area contributed by atoms with Gasteiger partial charge in [-0.25, -0.2) is 0 Å². The van der Waals surface area contributed by atoms with Gasteiger partial charge in [-0.2, -0.15) is 0 Å². The lowest BCUT2D eigenvalue weighted by molar-refractivity contribution is -0.164. The van der Waals surface area contributed by atoms with E-state index in [0.29, 0.717) is 23.2 Å². The van der Waals surface area contributed by atoms with Gasteiger partial charge in [-0.05, 0) is 49.4 Å². The minimum absolute atomic E-state index is 0.0350. The zero-order valence-electron chi connectivity index (χ0n) is 12.2. The van der Waals surface area contributed by atoms with Crippen LogP contribution in [0.2, 0.25) is 0 Å². The molecule has 0 bridgehead atoms. The van der Waals surface area contributed by atoms with Crippen molar-refractivity contribution in [2.75, 3.05) is 0 Å². The molecule has 0 amide bonds. The summed E-state index contributed by atoms with van der Waals surface area (Å²) in [6, 6.07) is 0. The van der Waals surface area contributed by atoms with E-state index in [1.165, 1.54) is 25.7 Å². The molecule has 1 heterocycles. The molecule has 1 aliphatic heterocycles. The standard InChI is InChI=1S/C16H26O2/c1-14(2)7-5-8-15(3)11(14)6-9-16(4)12(15)10-13(17)18-16/h11-12H,5-10H2,1-4H3/t11?,12-,15?,16+/m0/s1. The van der Waals surface area contributed by atoms with Crippen molar-refractivity contribution in [1.82, 2.24) is 0 Å². The van der Waals surface area contributed by atoms with Gasteiger partial charge < -0.3 is 4.74 Å². The van der Waals surface area contributed by atoms with Crippen LogP contribution in [-0.2, 0) is 9.53 Å². The van der Waals surface area contributed by atoms with Crippen molar-refractivity contribution >= 4 is 5.97 Å². The van der Waals surface area contributed by atoms with Gasteiger partial charge in [0.15, 0.2) is 0 Å². The van der Waals surface area contributed by atoms with E-state index in [4.69, 9.17) is 4.74 Å². The van der Waals surface area contributed by atoms with Crippen LogP contribution >= 0.6 is 0 Å². The third-order valence-electron chi connectivity index (χ3n) is 6.46. The topological polar surface area (TPSA) is 26.3 Å². The fraction of sp³-hybridized carbons (Fsp3) is 0.938. The molecule has 1 saturated heterocycles. The summed E-state index contributed by atoms with van der Waals surface area (Å²) in [6.07, 6.45) is 6.86. The molecule has 0 aromatic rings. The van der Waals surface area contributed by atoms with Crippen LogP contribution in [0.5, 0.6) is 0 Å². The molecule has 0 spiro atoms. The van der Waals surface area contributed by atoms with Crippen molar-refractivity contribution in [1.29, 1.82) is 0 Å². The van der Waals surface area contributed by atoms with Crippen LogP contribution < -0.4 is 0 Å². The van der Waals surface area contributed by atoms with Crippen LogP contribution in [0, 0.1) is 22.7 Å². The normalized spacial score (nSPS) is 50.3. The summed E-state index contributed by atoms with van der Waals surface area (Å²) in [4.78, 5) is 11.8. The third kappa shape index (κ3) is 1.50. The molecule has 2 heteroatoms. The molecular weight excluding hydrogens is 224 g/mol. The van der Waals surface area contributed by atoms with Gasteiger partial charge in [0.1, 0.15) is 5.60 Å². The highest BCUT2D eigenvalue weighted by Crippen LogP contribution is 2.64. The number of esters is 1. The molecule has 0 aromatic heterocycles. The Hall–Kier alpha value is -0.530. The molecule has 4 atom stereocenters. The van der Waals surface area contributed by atoms with Gasteiger partial charge in [-0.3, -0.25) is 4.79 Å². The second-order valence-corrected chi connectivity index (χ2v) is 7.98. The first kappa shape index (κ1) is 12.5.